The number of thioether (sulfide) groups is 1. The predicted molar refractivity (Wildman–Crippen MR) is 83.0 cm³/mol. The van der Waals surface area contributed by atoms with Crippen LogP contribution in [0.1, 0.15) is 31.2 Å². The molecule has 4 heteroatoms. The number of anilines is 1. The van der Waals surface area contributed by atoms with Crippen molar-refractivity contribution in [2.75, 3.05) is 23.4 Å². The third-order valence-electron chi connectivity index (χ3n) is 4.45. The number of nitrogens with one attached hydrogen (secondary N) is 1. The molecule has 0 bridgehead atoms. The normalized spacial score (nSPS) is 25.6. The first-order valence-electron chi connectivity index (χ1n) is 7.41. The number of aryl methyl sites for hydroxylation is 1. The van der Waals surface area contributed by atoms with Crippen molar-refractivity contribution in [2.24, 2.45) is 0 Å². The maximum Gasteiger partial charge on any atom is 0.123 e. The summed E-state index contributed by atoms with van der Waals surface area (Å²) >= 11 is 2.03. The average molecular weight is 295 g/mol. The Morgan fingerprint density at radius 1 is 1.35 bits per heavy atom. The summed E-state index contributed by atoms with van der Waals surface area (Å²) < 4.78 is 19.3. The summed E-state index contributed by atoms with van der Waals surface area (Å²) in [6.45, 7) is 2.79. The van der Waals surface area contributed by atoms with Crippen LogP contribution in [-0.2, 0) is 4.74 Å². The second-order valence-electron chi connectivity index (χ2n) is 5.94. The summed E-state index contributed by atoms with van der Waals surface area (Å²) in [5.41, 5.74) is 2.12. The van der Waals surface area contributed by atoms with Gasteiger partial charge in [0, 0.05) is 18.3 Å². The Labute approximate surface area is 124 Å². The summed E-state index contributed by atoms with van der Waals surface area (Å²) in [5.74, 6) is 2.26. The van der Waals surface area contributed by atoms with Crippen LogP contribution in [0, 0.1) is 12.7 Å². The lowest BCUT2D eigenvalue weighted by Crippen LogP contribution is -2.46. The van der Waals surface area contributed by atoms with Gasteiger partial charge in [0.25, 0.3) is 0 Å². The van der Waals surface area contributed by atoms with Gasteiger partial charge < -0.3 is 10.1 Å². The van der Waals surface area contributed by atoms with Crippen LogP contribution in [0.25, 0.3) is 0 Å². The number of hydrogen-bond acceptors (Lipinski definition) is 3. The average Bonchev–Trinajstić information content (AvgIpc) is 2.43. The molecular formula is C16H22FNOS. The highest BCUT2D eigenvalue weighted by atomic mass is 32.2. The largest absolute Gasteiger partial charge is 0.382 e. The van der Waals surface area contributed by atoms with Gasteiger partial charge in [-0.2, -0.15) is 11.8 Å². The van der Waals surface area contributed by atoms with Gasteiger partial charge >= 0.3 is 0 Å². The van der Waals surface area contributed by atoms with Crippen molar-refractivity contribution >= 4 is 17.4 Å². The van der Waals surface area contributed by atoms with Gasteiger partial charge in [-0.25, -0.2) is 4.39 Å². The van der Waals surface area contributed by atoms with E-state index in [9.17, 15) is 4.39 Å². The Hall–Kier alpha value is -0.740. The first kappa shape index (κ1) is 14.2. The molecule has 2 heterocycles. The number of ether oxygens (including phenoxy) is 1. The van der Waals surface area contributed by atoms with Crippen LogP contribution in [0.5, 0.6) is 0 Å². The highest BCUT2D eigenvalue weighted by Gasteiger charge is 2.38. The van der Waals surface area contributed by atoms with E-state index in [1.165, 1.54) is 17.6 Å². The van der Waals surface area contributed by atoms with Crippen LogP contribution in [0.4, 0.5) is 10.1 Å². The zero-order chi connectivity index (χ0) is 14.0. The molecule has 1 N–H and O–H groups in total. The molecule has 1 aromatic carbocycles. The molecule has 2 aliphatic rings. The molecule has 20 heavy (non-hydrogen) atoms. The van der Waals surface area contributed by atoms with E-state index in [1.807, 2.05) is 24.8 Å². The minimum atomic E-state index is -0.166. The molecule has 0 amide bonds. The monoisotopic (exact) mass is 295 g/mol. The van der Waals surface area contributed by atoms with Crippen LogP contribution >= 0.6 is 11.8 Å². The highest BCUT2D eigenvalue weighted by Crippen LogP contribution is 2.38. The topological polar surface area (TPSA) is 21.3 Å². The van der Waals surface area contributed by atoms with Crippen LogP contribution in [0.2, 0.25) is 0 Å². The maximum atomic E-state index is 13.2. The van der Waals surface area contributed by atoms with Crippen molar-refractivity contribution in [3.63, 3.8) is 0 Å². The second-order valence-corrected chi connectivity index (χ2v) is 7.16. The van der Waals surface area contributed by atoms with Gasteiger partial charge in [-0.15, -0.1) is 0 Å². The molecular weight excluding hydrogens is 273 g/mol. The summed E-state index contributed by atoms with van der Waals surface area (Å²) in [5, 5.41) is 3.59. The lowest BCUT2D eigenvalue weighted by molar-refractivity contribution is -0.0865. The third-order valence-corrected chi connectivity index (χ3v) is 5.43. The van der Waals surface area contributed by atoms with E-state index in [0.717, 1.165) is 43.5 Å². The Kier molecular flexibility index (Phi) is 4.22. The maximum absolute atomic E-state index is 13.2. The summed E-state index contributed by atoms with van der Waals surface area (Å²) in [6, 6.07) is 5.41. The van der Waals surface area contributed by atoms with E-state index in [4.69, 9.17) is 4.74 Å². The first-order chi connectivity index (χ1) is 9.67. The Morgan fingerprint density at radius 3 is 2.90 bits per heavy atom. The highest BCUT2D eigenvalue weighted by molar-refractivity contribution is 7.99. The Bertz CT molecular complexity index is 468. The molecule has 2 saturated heterocycles. The summed E-state index contributed by atoms with van der Waals surface area (Å²) in [4.78, 5) is 0. The molecule has 0 aliphatic carbocycles. The van der Waals surface area contributed by atoms with Gasteiger partial charge in [-0.1, -0.05) is 0 Å². The molecule has 1 spiro atoms. The molecule has 1 unspecified atom stereocenters. The van der Waals surface area contributed by atoms with Crippen LogP contribution in [-0.4, -0.2) is 29.8 Å². The van der Waals surface area contributed by atoms with Gasteiger partial charge in [0.2, 0.25) is 0 Å². The van der Waals surface area contributed by atoms with Gasteiger partial charge in [-0.3, -0.25) is 0 Å². The quantitative estimate of drug-likeness (QED) is 0.891. The fourth-order valence-electron chi connectivity index (χ4n) is 3.25. The van der Waals surface area contributed by atoms with E-state index in [-0.39, 0.29) is 11.4 Å². The van der Waals surface area contributed by atoms with Crippen molar-refractivity contribution in [3.05, 3.63) is 29.6 Å². The first-order valence-corrected chi connectivity index (χ1v) is 8.57. The third kappa shape index (κ3) is 3.12. The van der Waals surface area contributed by atoms with E-state index in [2.05, 4.69) is 5.32 Å². The van der Waals surface area contributed by atoms with E-state index >= 15 is 0 Å². The van der Waals surface area contributed by atoms with Crippen molar-refractivity contribution in [2.45, 2.75) is 44.2 Å². The molecule has 1 aromatic rings. The summed E-state index contributed by atoms with van der Waals surface area (Å²) in [6.07, 6.45) is 4.44. The minimum Gasteiger partial charge on any atom is -0.382 e. The van der Waals surface area contributed by atoms with Crippen molar-refractivity contribution in [1.82, 2.24) is 0 Å². The Balaban J connectivity index is 1.68. The molecule has 2 nitrogen and oxygen atoms in total. The summed E-state index contributed by atoms with van der Waals surface area (Å²) in [7, 11) is 0. The van der Waals surface area contributed by atoms with Crippen LogP contribution in [0.15, 0.2) is 18.2 Å². The van der Waals surface area contributed by atoms with E-state index in [0.29, 0.717) is 6.04 Å². The number of hydrogen-bond donors (Lipinski definition) is 1. The van der Waals surface area contributed by atoms with Gasteiger partial charge in [0.15, 0.2) is 0 Å². The lowest BCUT2D eigenvalue weighted by Gasteiger charge is -2.43. The van der Waals surface area contributed by atoms with Crippen molar-refractivity contribution in [1.29, 1.82) is 0 Å². The molecule has 110 valence electrons. The van der Waals surface area contributed by atoms with Gasteiger partial charge in [0.1, 0.15) is 5.82 Å². The standard InChI is InChI=1S/C16H22FNOS/c1-12-10-13(17)2-3-15(12)18-14-4-7-19-16(11-14)5-8-20-9-6-16/h2-3,10,14,18H,4-9,11H2,1H3. The predicted octanol–water partition coefficient (Wildman–Crippen LogP) is 3.99. The molecule has 2 aliphatic heterocycles. The lowest BCUT2D eigenvalue weighted by atomic mass is 9.85. The fourth-order valence-corrected chi connectivity index (χ4v) is 4.49. The molecule has 3 rings (SSSR count). The second kappa shape index (κ2) is 5.94. The van der Waals surface area contributed by atoms with Crippen LogP contribution < -0.4 is 5.32 Å². The van der Waals surface area contributed by atoms with Gasteiger partial charge in [0.05, 0.1) is 5.60 Å². The number of benzene rings is 1. The minimum absolute atomic E-state index is 0.0924. The smallest absolute Gasteiger partial charge is 0.123 e. The molecule has 1 atom stereocenters. The zero-order valence-corrected chi connectivity index (χ0v) is 12.8. The van der Waals surface area contributed by atoms with E-state index < -0.39 is 0 Å². The van der Waals surface area contributed by atoms with E-state index in [1.54, 1.807) is 6.07 Å². The fraction of sp³-hybridized carbons (Fsp3) is 0.625. The molecule has 0 aromatic heterocycles. The SMILES string of the molecule is Cc1cc(F)ccc1NC1CCOC2(CCSCC2)C1. The zero-order valence-electron chi connectivity index (χ0n) is 12.0. The van der Waals surface area contributed by atoms with Crippen molar-refractivity contribution < 1.29 is 9.13 Å². The molecule has 0 saturated carbocycles. The molecule has 0 radical (unpaired) electrons. The van der Waals surface area contributed by atoms with Crippen molar-refractivity contribution in [3.8, 4) is 0 Å². The number of rotatable bonds is 2. The number of halogens is 1. The molecule has 2 fully saturated rings. The van der Waals surface area contributed by atoms with Gasteiger partial charge in [-0.05, 0) is 67.9 Å². The Morgan fingerprint density at radius 2 is 2.15 bits per heavy atom. The van der Waals surface area contributed by atoms with Crippen LogP contribution in [0.3, 0.4) is 0 Å².